The molecule has 0 bridgehead atoms. The van der Waals surface area contributed by atoms with Crippen LogP contribution in [-0.2, 0) is 22.9 Å². The largest absolute Gasteiger partial charge is 0.377 e. The molecule has 0 saturated carbocycles. The Morgan fingerprint density at radius 2 is 2.00 bits per heavy atom. The van der Waals surface area contributed by atoms with Crippen LogP contribution in [0.4, 0.5) is 17.6 Å². The Hall–Kier alpha value is -3.47. The van der Waals surface area contributed by atoms with Gasteiger partial charge < -0.3 is 5.11 Å². The van der Waals surface area contributed by atoms with Crippen LogP contribution >= 0.6 is 0 Å². The minimum absolute atomic E-state index is 0.244. The molecule has 0 saturated heterocycles. The van der Waals surface area contributed by atoms with Crippen LogP contribution in [0.2, 0.25) is 0 Å². The van der Waals surface area contributed by atoms with E-state index in [0.29, 0.717) is 11.6 Å². The van der Waals surface area contributed by atoms with Gasteiger partial charge in [0.05, 0.1) is 6.54 Å². The van der Waals surface area contributed by atoms with E-state index < -0.39 is 41.0 Å². The summed E-state index contributed by atoms with van der Waals surface area (Å²) in [4.78, 5) is 14.7. The normalized spacial score (nSPS) is 14.1. The fourth-order valence-corrected chi connectivity index (χ4v) is 2.78. The molecular formula is C19H15F4N5O2. The first kappa shape index (κ1) is 21.2. The first-order valence-corrected chi connectivity index (χ1v) is 8.55. The fourth-order valence-electron chi connectivity index (χ4n) is 2.78. The Balaban J connectivity index is 2.08. The van der Waals surface area contributed by atoms with Crippen LogP contribution in [0.1, 0.15) is 23.7 Å². The Kier molecular flexibility index (Phi) is 5.74. The van der Waals surface area contributed by atoms with E-state index in [1.165, 1.54) is 25.1 Å². The van der Waals surface area contributed by atoms with Crippen molar-refractivity contribution in [2.45, 2.75) is 25.0 Å². The number of halogens is 4. The second-order valence-electron chi connectivity index (χ2n) is 6.49. The molecule has 3 rings (SSSR count). The zero-order chi connectivity index (χ0) is 21.9. The lowest BCUT2D eigenvalue weighted by Gasteiger charge is -2.35. The number of benzene rings is 1. The van der Waals surface area contributed by atoms with E-state index in [1.54, 1.807) is 0 Å². The van der Waals surface area contributed by atoms with Crippen LogP contribution in [-0.4, -0.2) is 36.1 Å². The molecule has 0 amide bonds. The Labute approximate surface area is 167 Å². The maximum atomic E-state index is 15.5. The van der Waals surface area contributed by atoms with Gasteiger partial charge in [0.15, 0.2) is 11.4 Å². The van der Waals surface area contributed by atoms with Gasteiger partial charge in [-0.1, -0.05) is 6.07 Å². The second kappa shape index (κ2) is 8.11. The Morgan fingerprint density at radius 3 is 2.57 bits per heavy atom. The third-order valence-electron chi connectivity index (χ3n) is 4.30. The Morgan fingerprint density at radius 1 is 1.23 bits per heavy atom. The van der Waals surface area contributed by atoms with Gasteiger partial charge in [-0.05, 0) is 53.3 Å². The SMILES string of the molecule is CC(=O)/C=C/c1ccc(C(F)(F)C(O)(Cn2cnnn2)c2ccc(F)cc2F)nc1. The average molecular weight is 421 g/mol. The lowest BCUT2D eigenvalue weighted by molar-refractivity contribution is -0.207. The first-order valence-electron chi connectivity index (χ1n) is 8.55. The number of hydrogen-bond donors (Lipinski definition) is 1. The molecule has 3 aromatic rings. The van der Waals surface area contributed by atoms with Crippen LogP contribution in [0.25, 0.3) is 6.08 Å². The number of carbonyl (C=O) groups excluding carboxylic acids is 1. The van der Waals surface area contributed by atoms with Crippen molar-refractivity contribution in [3.8, 4) is 0 Å². The van der Waals surface area contributed by atoms with E-state index in [9.17, 15) is 18.7 Å². The van der Waals surface area contributed by atoms with Gasteiger partial charge in [-0.15, -0.1) is 5.10 Å². The molecule has 0 spiro atoms. The number of aromatic nitrogens is 5. The van der Waals surface area contributed by atoms with Gasteiger partial charge in [-0.25, -0.2) is 13.5 Å². The van der Waals surface area contributed by atoms with E-state index in [1.807, 2.05) is 0 Å². The number of allylic oxidation sites excluding steroid dienone is 1. The number of carbonyl (C=O) groups is 1. The summed E-state index contributed by atoms with van der Waals surface area (Å²) < 4.78 is 59.5. The molecular weight excluding hydrogens is 406 g/mol. The van der Waals surface area contributed by atoms with E-state index in [2.05, 4.69) is 20.5 Å². The third kappa shape index (κ3) is 4.10. The summed E-state index contributed by atoms with van der Waals surface area (Å²) in [6.45, 7) is 0.381. The van der Waals surface area contributed by atoms with Crippen molar-refractivity contribution in [2.75, 3.05) is 0 Å². The maximum absolute atomic E-state index is 15.5. The second-order valence-corrected chi connectivity index (χ2v) is 6.49. The van der Waals surface area contributed by atoms with E-state index in [-0.39, 0.29) is 5.78 Å². The maximum Gasteiger partial charge on any atom is 0.323 e. The fraction of sp³-hybridized carbons (Fsp3) is 0.211. The molecule has 1 N–H and O–H groups in total. The summed E-state index contributed by atoms with van der Waals surface area (Å²) in [5.74, 6) is -6.75. The van der Waals surface area contributed by atoms with Gasteiger partial charge in [0.2, 0.25) is 0 Å². The molecule has 1 atom stereocenters. The molecule has 11 heteroatoms. The highest BCUT2D eigenvalue weighted by atomic mass is 19.3. The zero-order valence-electron chi connectivity index (χ0n) is 15.5. The molecule has 0 radical (unpaired) electrons. The number of tetrazole rings is 1. The summed E-state index contributed by atoms with van der Waals surface area (Å²) in [5.41, 5.74) is -4.57. The minimum atomic E-state index is -4.14. The van der Waals surface area contributed by atoms with Crippen molar-refractivity contribution in [3.05, 3.63) is 77.4 Å². The van der Waals surface area contributed by atoms with Crippen molar-refractivity contribution >= 4 is 11.9 Å². The van der Waals surface area contributed by atoms with Gasteiger partial charge in [0, 0.05) is 17.8 Å². The molecule has 7 nitrogen and oxygen atoms in total. The van der Waals surface area contributed by atoms with Crippen molar-refractivity contribution in [1.82, 2.24) is 25.2 Å². The van der Waals surface area contributed by atoms with Gasteiger partial charge in [-0.2, -0.15) is 8.78 Å². The molecule has 156 valence electrons. The molecule has 0 aliphatic heterocycles. The minimum Gasteiger partial charge on any atom is -0.377 e. The summed E-state index contributed by atoms with van der Waals surface area (Å²) in [6, 6.07) is 4.06. The van der Waals surface area contributed by atoms with E-state index in [4.69, 9.17) is 0 Å². The Bertz CT molecular complexity index is 1070. The van der Waals surface area contributed by atoms with Crippen LogP contribution in [0, 0.1) is 11.6 Å². The van der Waals surface area contributed by atoms with Crippen LogP contribution < -0.4 is 0 Å². The monoisotopic (exact) mass is 421 g/mol. The molecule has 2 heterocycles. The van der Waals surface area contributed by atoms with E-state index >= 15 is 8.78 Å². The van der Waals surface area contributed by atoms with Crippen molar-refractivity contribution in [2.24, 2.45) is 0 Å². The number of hydrogen-bond acceptors (Lipinski definition) is 6. The van der Waals surface area contributed by atoms with Gasteiger partial charge in [0.1, 0.15) is 23.7 Å². The molecule has 0 aliphatic rings. The number of rotatable bonds is 7. The van der Waals surface area contributed by atoms with Crippen molar-refractivity contribution in [3.63, 3.8) is 0 Å². The standard InChI is InChI=1S/C19H15F4N5O2/c1-12(29)2-3-13-4-7-17(24-9-13)19(22,23)18(30,10-28-11-25-26-27-28)15-6-5-14(20)8-16(15)21/h2-9,11,30H,10H2,1H3/b3-2+. The van der Waals surface area contributed by atoms with Crippen LogP contribution in [0.5, 0.6) is 0 Å². The molecule has 30 heavy (non-hydrogen) atoms. The number of ketones is 1. The molecule has 1 unspecified atom stereocenters. The van der Waals surface area contributed by atoms with Gasteiger partial charge >= 0.3 is 5.92 Å². The van der Waals surface area contributed by atoms with Gasteiger partial charge in [0.25, 0.3) is 0 Å². The van der Waals surface area contributed by atoms with E-state index in [0.717, 1.165) is 35.4 Å². The van der Waals surface area contributed by atoms with Crippen LogP contribution in [0.15, 0.2) is 48.9 Å². The lowest BCUT2D eigenvalue weighted by atomic mass is 9.84. The predicted molar refractivity (Wildman–Crippen MR) is 95.9 cm³/mol. The summed E-state index contributed by atoms with van der Waals surface area (Å²) in [7, 11) is 0. The molecule has 1 aromatic carbocycles. The smallest absolute Gasteiger partial charge is 0.323 e. The van der Waals surface area contributed by atoms with Crippen LogP contribution in [0.3, 0.4) is 0 Å². The predicted octanol–water partition coefficient (Wildman–Crippen LogP) is 2.63. The average Bonchev–Trinajstić information content (AvgIpc) is 3.19. The topological polar surface area (TPSA) is 93.8 Å². The quantitative estimate of drug-likeness (QED) is 0.466. The number of pyridine rings is 1. The third-order valence-corrected chi connectivity index (χ3v) is 4.30. The molecule has 0 aliphatic carbocycles. The van der Waals surface area contributed by atoms with Crippen molar-refractivity contribution < 1.29 is 27.5 Å². The first-order chi connectivity index (χ1) is 14.1. The number of nitrogens with zero attached hydrogens (tertiary/aromatic N) is 5. The molecule has 0 fully saturated rings. The highest BCUT2D eigenvalue weighted by Crippen LogP contribution is 2.46. The number of alkyl halides is 2. The summed E-state index contributed by atoms with van der Waals surface area (Å²) in [5, 5.41) is 21.1. The summed E-state index contributed by atoms with van der Waals surface area (Å²) in [6.07, 6.45) is 4.65. The van der Waals surface area contributed by atoms with Gasteiger partial charge in [-0.3, -0.25) is 9.78 Å². The lowest BCUT2D eigenvalue weighted by Crippen LogP contribution is -2.48. The highest BCUT2D eigenvalue weighted by molar-refractivity contribution is 5.91. The van der Waals surface area contributed by atoms with Crippen molar-refractivity contribution in [1.29, 1.82) is 0 Å². The molecule has 2 aromatic heterocycles. The number of aliphatic hydroxyl groups is 1. The highest BCUT2D eigenvalue weighted by Gasteiger charge is 2.57. The zero-order valence-corrected chi connectivity index (χ0v) is 15.5. The summed E-state index contributed by atoms with van der Waals surface area (Å²) >= 11 is 0.